The van der Waals surface area contributed by atoms with E-state index in [2.05, 4.69) is 65.2 Å². The van der Waals surface area contributed by atoms with Crippen LogP contribution in [-0.4, -0.2) is 44.6 Å². The molecule has 7 heteroatoms. The van der Waals surface area contributed by atoms with E-state index < -0.39 is 0 Å². The van der Waals surface area contributed by atoms with Crippen molar-refractivity contribution in [2.24, 2.45) is 23.7 Å². The average Bonchev–Trinajstić information content (AvgIpc) is 2.53. The summed E-state index contributed by atoms with van der Waals surface area (Å²) in [6, 6.07) is 0. The smallest absolute Gasteiger partial charge is 0.411 e. The monoisotopic (exact) mass is 527 g/mol. The van der Waals surface area contributed by atoms with E-state index in [-0.39, 0.29) is 17.1 Å². The Labute approximate surface area is 215 Å². The minimum Gasteiger partial charge on any atom is -0.411 e. The molecule has 0 spiro atoms. The Morgan fingerprint density at radius 2 is 0.724 bits per heavy atom. The van der Waals surface area contributed by atoms with Crippen LogP contribution >= 0.6 is 24.4 Å². The average molecular weight is 528 g/mol. The maximum atomic E-state index is 5.06. The van der Waals surface area contributed by atoms with Gasteiger partial charge in [-0.25, -0.2) is 0 Å². The molecule has 0 aromatic rings. The van der Waals surface area contributed by atoms with Crippen LogP contribution in [0.5, 0.6) is 0 Å². The predicted octanol–water partition coefficient (Wildman–Crippen LogP) is 6.42. The minimum absolute atomic E-state index is 0. The van der Waals surface area contributed by atoms with Crippen LogP contribution in [0, 0.1) is 23.7 Å². The van der Waals surface area contributed by atoms with Crippen molar-refractivity contribution in [3.05, 3.63) is 0 Å². The van der Waals surface area contributed by atoms with Crippen LogP contribution in [0.15, 0.2) is 0 Å². The molecule has 0 N–H and O–H groups in total. The first kappa shape index (κ1) is 34.4. The quantitative estimate of drug-likeness (QED) is 0.163. The molecule has 0 amide bonds. The van der Waals surface area contributed by atoms with E-state index in [0.717, 1.165) is 49.9 Å². The van der Waals surface area contributed by atoms with Crippen LogP contribution in [0.2, 0.25) is 0 Å². The molecule has 0 saturated carbocycles. The molecule has 0 heterocycles. The second-order valence-electron chi connectivity index (χ2n) is 9.24. The molecule has 0 fully saturated rings. The van der Waals surface area contributed by atoms with Crippen molar-refractivity contribution in [2.75, 3.05) is 26.2 Å². The van der Waals surface area contributed by atoms with Crippen LogP contribution in [0.3, 0.4) is 0 Å². The molecule has 0 aliphatic heterocycles. The van der Waals surface area contributed by atoms with Gasteiger partial charge in [0.1, 0.15) is 0 Å². The summed E-state index contributed by atoms with van der Waals surface area (Å²) in [5.41, 5.74) is 0. The van der Waals surface area contributed by atoms with Gasteiger partial charge in [0.25, 0.3) is 0 Å². The summed E-state index contributed by atoms with van der Waals surface area (Å²) < 4.78 is 1.26. The summed E-state index contributed by atoms with van der Waals surface area (Å²) in [6.45, 7) is 21.9. The van der Waals surface area contributed by atoms with E-state index in [4.69, 9.17) is 49.7 Å². The Morgan fingerprint density at radius 1 is 0.552 bits per heavy atom. The summed E-state index contributed by atoms with van der Waals surface area (Å²) in [4.78, 5) is 4.31. The topological polar surface area (TPSA) is 6.48 Å². The molecule has 0 aliphatic rings. The molecule has 0 rings (SSSR count). The largest absolute Gasteiger partial charge is 2.00 e. The maximum Gasteiger partial charge on any atom is 2.00 e. The number of rotatable bonds is 12. The molecule has 0 aromatic heterocycles. The van der Waals surface area contributed by atoms with Gasteiger partial charge < -0.3 is 59.5 Å². The SMILES string of the molecule is CC(C)CCN(CCC(C)C)C(=S)[S-].CC(C)CCN(CCC(C)C)C(=S)[S-].[Cu+2]. The van der Waals surface area contributed by atoms with Gasteiger partial charge in [-0.05, 0) is 49.4 Å². The van der Waals surface area contributed by atoms with Crippen LogP contribution in [-0.2, 0) is 42.3 Å². The molecule has 0 unspecified atom stereocenters. The first-order valence-electron chi connectivity index (χ1n) is 10.8. The Morgan fingerprint density at radius 3 is 0.828 bits per heavy atom. The minimum atomic E-state index is 0. The molecular weight excluding hydrogens is 484 g/mol. The number of nitrogens with zero attached hydrogens (tertiary/aromatic N) is 2. The fourth-order valence-electron chi connectivity index (χ4n) is 2.24. The van der Waals surface area contributed by atoms with Gasteiger partial charge in [-0.1, -0.05) is 64.0 Å². The molecule has 177 valence electrons. The molecule has 29 heavy (non-hydrogen) atoms. The molecule has 0 aromatic carbocycles. The van der Waals surface area contributed by atoms with Gasteiger partial charge in [0.15, 0.2) is 0 Å². The van der Waals surface area contributed by atoms with E-state index >= 15 is 0 Å². The Balaban J connectivity index is -0.000000451. The van der Waals surface area contributed by atoms with Gasteiger partial charge in [-0.2, -0.15) is 0 Å². The second kappa shape index (κ2) is 20.6. The normalized spacial score (nSPS) is 10.6. The van der Waals surface area contributed by atoms with E-state index in [0.29, 0.717) is 8.64 Å². The molecule has 2 nitrogen and oxygen atoms in total. The van der Waals surface area contributed by atoms with Crippen molar-refractivity contribution in [2.45, 2.75) is 81.1 Å². The third-order valence-electron chi connectivity index (χ3n) is 4.42. The van der Waals surface area contributed by atoms with Crippen LogP contribution in [0.4, 0.5) is 0 Å². The zero-order valence-electron chi connectivity index (χ0n) is 19.8. The molecule has 0 bridgehead atoms. The van der Waals surface area contributed by atoms with Crippen molar-refractivity contribution < 1.29 is 17.1 Å². The second-order valence-corrected chi connectivity index (χ2v) is 11.3. The van der Waals surface area contributed by atoms with Crippen LogP contribution < -0.4 is 0 Å². The zero-order chi connectivity index (χ0) is 22.3. The summed E-state index contributed by atoms with van der Waals surface area (Å²) >= 11 is 20.2. The van der Waals surface area contributed by atoms with E-state index in [1.54, 1.807) is 0 Å². The fraction of sp³-hybridized carbons (Fsp3) is 0.909. The fourth-order valence-corrected chi connectivity index (χ4v) is 2.98. The molecule has 1 radical (unpaired) electrons. The van der Waals surface area contributed by atoms with E-state index in [9.17, 15) is 0 Å². The number of hydrogen-bond donors (Lipinski definition) is 0. The van der Waals surface area contributed by atoms with Gasteiger partial charge in [0.05, 0.1) is 0 Å². The van der Waals surface area contributed by atoms with Crippen LogP contribution in [0.1, 0.15) is 81.1 Å². The van der Waals surface area contributed by atoms with Gasteiger partial charge in [-0.3, -0.25) is 0 Å². The van der Waals surface area contributed by atoms with Crippen molar-refractivity contribution in [1.29, 1.82) is 0 Å². The first-order valence-corrected chi connectivity index (χ1v) is 12.4. The van der Waals surface area contributed by atoms with Crippen molar-refractivity contribution >= 4 is 58.3 Å². The Kier molecular flexibility index (Phi) is 24.4. The standard InChI is InChI=1S/2C11H23NS2.Cu/c2*1-9(2)5-7-12(11(13)14)8-6-10(3)4;/h2*9-10H,5-8H2,1-4H3,(H,13,14);/q;;+2/p-2. The molecule has 0 saturated heterocycles. The summed E-state index contributed by atoms with van der Waals surface area (Å²) in [5, 5.41) is 0. The Bertz CT molecular complexity index is 354. The first-order chi connectivity index (χ1) is 12.9. The predicted molar refractivity (Wildman–Crippen MR) is 141 cm³/mol. The van der Waals surface area contributed by atoms with Gasteiger partial charge in [-0.15, -0.1) is 0 Å². The Hall–Kier alpha value is 0.739. The summed E-state index contributed by atoms with van der Waals surface area (Å²) in [6.07, 6.45) is 4.70. The molecule has 0 aliphatic carbocycles. The number of thiocarbonyl (C=S) groups is 2. The number of hydrogen-bond acceptors (Lipinski definition) is 4. The van der Waals surface area contributed by atoms with Gasteiger partial charge in [0.2, 0.25) is 0 Å². The van der Waals surface area contributed by atoms with E-state index in [1.165, 1.54) is 25.7 Å². The van der Waals surface area contributed by atoms with Crippen LogP contribution in [0.25, 0.3) is 0 Å². The zero-order valence-corrected chi connectivity index (χ0v) is 24.0. The van der Waals surface area contributed by atoms with Crippen molar-refractivity contribution in [1.82, 2.24) is 9.80 Å². The molecular formula is C22H44CuN2S4. The third-order valence-corrected chi connectivity index (χ3v) is 5.45. The van der Waals surface area contributed by atoms with Crippen molar-refractivity contribution in [3.63, 3.8) is 0 Å². The van der Waals surface area contributed by atoms with Gasteiger partial charge >= 0.3 is 17.1 Å². The third kappa shape index (κ3) is 24.9. The maximum absolute atomic E-state index is 5.06. The summed E-state index contributed by atoms with van der Waals surface area (Å²) in [5.74, 6) is 2.89. The summed E-state index contributed by atoms with van der Waals surface area (Å²) in [7, 11) is 0. The molecule has 0 atom stereocenters. The van der Waals surface area contributed by atoms with Gasteiger partial charge in [0, 0.05) is 26.2 Å². The van der Waals surface area contributed by atoms with E-state index in [1.807, 2.05) is 0 Å². The van der Waals surface area contributed by atoms with Crippen molar-refractivity contribution in [3.8, 4) is 0 Å².